The molecule has 0 atom stereocenters. The minimum Gasteiger partial charge on any atom is -0.369 e. The Labute approximate surface area is 158 Å². The van der Waals surface area contributed by atoms with Gasteiger partial charge in [-0.2, -0.15) is 0 Å². The van der Waals surface area contributed by atoms with Gasteiger partial charge in [0, 0.05) is 6.08 Å². The number of amides is 1. The molecule has 0 spiro atoms. The second-order valence-electron chi connectivity index (χ2n) is 5.95. The third-order valence-electron chi connectivity index (χ3n) is 3.62. The minimum absolute atomic E-state index is 0.492. The number of unbranched alkanes of at least 4 members (excludes halogenated alkanes) is 7. The fourth-order valence-electron chi connectivity index (χ4n) is 2.12. The van der Waals surface area contributed by atoms with Crippen molar-refractivity contribution < 1.29 is 4.79 Å². The van der Waals surface area contributed by atoms with Gasteiger partial charge in [-0.25, -0.2) is 10.9 Å². The van der Waals surface area contributed by atoms with Gasteiger partial charge in [-0.05, 0) is 12.8 Å². The lowest BCUT2D eigenvalue weighted by molar-refractivity contribution is -0.122. The number of hydrazine groups is 1. The molecule has 0 heterocycles. The number of allylic oxidation sites excluding steroid dienone is 9. The molecular weight excluding hydrogens is 324 g/mol. The fraction of sp³-hybridized carbons (Fsp3) is 0.429. The SMILES string of the molecule is CCCCCCCCCC=CC=CC=CC=CC=CC(=O)N(N)C(=N)N. The molecule has 5 heteroatoms. The number of nitrogens with two attached hydrogens (primary N) is 2. The van der Waals surface area contributed by atoms with Gasteiger partial charge in [-0.15, -0.1) is 0 Å². The van der Waals surface area contributed by atoms with Gasteiger partial charge in [-0.1, -0.05) is 100 Å². The lowest BCUT2D eigenvalue weighted by atomic mass is 10.1. The number of guanidine groups is 1. The van der Waals surface area contributed by atoms with Crippen LogP contribution in [0.4, 0.5) is 0 Å². The van der Waals surface area contributed by atoms with E-state index in [1.54, 1.807) is 18.2 Å². The summed E-state index contributed by atoms with van der Waals surface area (Å²) in [4.78, 5) is 11.4. The first-order valence-electron chi connectivity index (χ1n) is 9.35. The van der Waals surface area contributed by atoms with Gasteiger partial charge in [0.2, 0.25) is 5.96 Å². The van der Waals surface area contributed by atoms with Crippen molar-refractivity contribution in [1.82, 2.24) is 5.01 Å². The van der Waals surface area contributed by atoms with Gasteiger partial charge < -0.3 is 5.73 Å². The average molecular weight is 359 g/mol. The summed E-state index contributed by atoms with van der Waals surface area (Å²) in [5.41, 5.74) is 5.09. The standard InChI is InChI=1S/C21H34N4O/c1-2-3-4-5-6-7-8-9-10-11-12-13-14-15-16-17-18-19-20(26)25(24)21(22)23/h10-19H,2-9,24H2,1H3,(H3,22,23). The zero-order valence-corrected chi connectivity index (χ0v) is 15.9. The molecule has 5 N–H and O–H groups in total. The second-order valence-corrected chi connectivity index (χ2v) is 5.95. The molecule has 0 fully saturated rings. The summed E-state index contributed by atoms with van der Waals surface area (Å²) in [6.07, 6.45) is 28.8. The molecule has 1 amide bonds. The lowest BCUT2D eigenvalue weighted by Gasteiger charge is -2.10. The quantitative estimate of drug-likeness (QED) is 0.0661. The molecule has 0 aromatic rings. The number of hydrogen-bond donors (Lipinski definition) is 3. The van der Waals surface area contributed by atoms with E-state index in [0.29, 0.717) is 5.01 Å². The predicted molar refractivity (Wildman–Crippen MR) is 111 cm³/mol. The molecule has 0 rings (SSSR count). The molecule has 5 nitrogen and oxygen atoms in total. The van der Waals surface area contributed by atoms with Crippen LogP contribution in [0.2, 0.25) is 0 Å². The number of nitrogens with zero attached hydrogens (tertiary/aromatic N) is 1. The van der Waals surface area contributed by atoms with Crippen LogP contribution >= 0.6 is 0 Å². The molecule has 0 saturated heterocycles. The Kier molecular flexibility index (Phi) is 15.8. The number of carbonyl (C=O) groups is 1. The van der Waals surface area contributed by atoms with Gasteiger partial charge in [0.1, 0.15) is 0 Å². The van der Waals surface area contributed by atoms with Gasteiger partial charge >= 0.3 is 0 Å². The predicted octanol–water partition coefficient (Wildman–Crippen LogP) is 4.50. The normalized spacial score (nSPS) is 12.4. The summed E-state index contributed by atoms with van der Waals surface area (Å²) < 4.78 is 0. The van der Waals surface area contributed by atoms with Crippen LogP contribution in [0, 0.1) is 5.41 Å². The molecule has 0 aliphatic carbocycles. The van der Waals surface area contributed by atoms with Crippen LogP contribution in [0.25, 0.3) is 0 Å². The summed E-state index contributed by atoms with van der Waals surface area (Å²) in [5, 5.41) is 7.59. The van der Waals surface area contributed by atoms with Crippen LogP contribution in [-0.4, -0.2) is 16.9 Å². The third-order valence-corrected chi connectivity index (χ3v) is 3.62. The molecule has 0 bridgehead atoms. The van der Waals surface area contributed by atoms with E-state index in [2.05, 4.69) is 19.1 Å². The lowest BCUT2D eigenvalue weighted by Crippen LogP contribution is -2.45. The maximum atomic E-state index is 11.4. The maximum Gasteiger partial charge on any atom is 0.267 e. The average Bonchev–Trinajstić information content (AvgIpc) is 2.63. The number of hydrogen-bond acceptors (Lipinski definition) is 3. The van der Waals surface area contributed by atoms with E-state index in [9.17, 15) is 4.79 Å². The Hall–Kier alpha value is -2.40. The number of nitrogens with one attached hydrogen (secondary N) is 1. The molecule has 0 aliphatic rings. The monoisotopic (exact) mass is 358 g/mol. The van der Waals surface area contributed by atoms with Gasteiger partial charge in [0.15, 0.2) is 0 Å². The van der Waals surface area contributed by atoms with Crippen molar-refractivity contribution >= 4 is 11.9 Å². The highest BCUT2D eigenvalue weighted by Gasteiger charge is 2.06. The molecular formula is C21H34N4O. The smallest absolute Gasteiger partial charge is 0.267 e. The van der Waals surface area contributed by atoms with Gasteiger partial charge in [0.05, 0.1) is 0 Å². The Morgan fingerprint density at radius 1 is 0.846 bits per heavy atom. The summed E-state index contributed by atoms with van der Waals surface area (Å²) >= 11 is 0. The van der Waals surface area contributed by atoms with E-state index in [1.807, 2.05) is 24.3 Å². The van der Waals surface area contributed by atoms with E-state index in [0.717, 1.165) is 6.42 Å². The largest absolute Gasteiger partial charge is 0.369 e. The molecule has 0 aliphatic heterocycles. The van der Waals surface area contributed by atoms with E-state index >= 15 is 0 Å². The van der Waals surface area contributed by atoms with Crippen LogP contribution in [0.3, 0.4) is 0 Å². The van der Waals surface area contributed by atoms with E-state index < -0.39 is 11.9 Å². The second kappa shape index (κ2) is 17.4. The van der Waals surface area contributed by atoms with Crippen molar-refractivity contribution in [2.24, 2.45) is 11.6 Å². The third kappa shape index (κ3) is 15.1. The minimum atomic E-state index is -0.544. The first-order valence-corrected chi connectivity index (χ1v) is 9.35. The van der Waals surface area contributed by atoms with Gasteiger partial charge in [-0.3, -0.25) is 10.2 Å². The highest BCUT2D eigenvalue weighted by molar-refractivity contribution is 5.99. The highest BCUT2D eigenvalue weighted by atomic mass is 16.2. The van der Waals surface area contributed by atoms with E-state index in [1.165, 1.54) is 51.0 Å². The van der Waals surface area contributed by atoms with Crippen LogP contribution in [0.1, 0.15) is 58.3 Å². The first-order chi connectivity index (χ1) is 12.6. The fourth-order valence-corrected chi connectivity index (χ4v) is 2.12. The number of rotatable bonds is 13. The molecule has 0 radical (unpaired) electrons. The van der Waals surface area contributed by atoms with Gasteiger partial charge in [0.25, 0.3) is 5.91 Å². The molecule has 144 valence electrons. The Balaban J connectivity index is 3.75. The molecule has 0 saturated carbocycles. The van der Waals surface area contributed by atoms with Crippen molar-refractivity contribution in [2.45, 2.75) is 58.3 Å². The molecule has 0 unspecified atom stereocenters. The van der Waals surface area contributed by atoms with Crippen molar-refractivity contribution in [2.75, 3.05) is 0 Å². The molecule has 0 aromatic heterocycles. The van der Waals surface area contributed by atoms with Crippen molar-refractivity contribution in [3.05, 3.63) is 60.8 Å². The summed E-state index contributed by atoms with van der Waals surface area (Å²) in [6, 6.07) is 0. The van der Waals surface area contributed by atoms with Crippen LogP contribution in [-0.2, 0) is 4.79 Å². The summed E-state index contributed by atoms with van der Waals surface area (Å²) in [7, 11) is 0. The summed E-state index contributed by atoms with van der Waals surface area (Å²) in [5.74, 6) is 4.22. The van der Waals surface area contributed by atoms with E-state index in [4.69, 9.17) is 17.0 Å². The van der Waals surface area contributed by atoms with Crippen LogP contribution < -0.4 is 11.6 Å². The zero-order valence-electron chi connectivity index (χ0n) is 15.9. The molecule has 0 aromatic carbocycles. The van der Waals surface area contributed by atoms with Crippen molar-refractivity contribution in [3.63, 3.8) is 0 Å². The Morgan fingerprint density at radius 3 is 1.92 bits per heavy atom. The number of carbonyl (C=O) groups excluding carboxylic acids is 1. The molecule has 26 heavy (non-hydrogen) atoms. The zero-order chi connectivity index (χ0) is 19.5. The summed E-state index contributed by atoms with van der Waals surface area (Å²) in [6.45, 7) is 2.25. The highest BCUT2D eigenvalue weighted by Crippen LogP contribution is 2.08. The van der Waals surface area contributed by atoms with Crippen LogP contribution in [0.15, 0.2) is 60.8 Å². The first kappa shape index (κ1) is 23.6. The van der Waals surface area contributed by atoms with Crippen molar-refractivity contribution in [1.29, 1.82) is 5.41 Å². The van der Waals surface area contributed by atoms with E-state index in [-0.39, 0.29) is 0 Å². The topological polar surface area (TPSA) is 96.2 Å². The van der Waals surface area contributed by atoms with Crippen molar-refractivity contribution in [3.8, 4) is 0 Å². The Morgan fingerprint density at radius 2 is 1.35 bits per heavy atom. The maximum absolute atomic E-state index is 11.4. The Bertz CT molecular complexity index is 530. The van der Waals surface area contributed by atoms with Crippen LogP contribution in [0.5, 0.6) is 0 Å².